The first kappa shape index (κ1) is 17.5. The molecule has 0 spiro atoms. The summed E-state index contributed by atoms with van der Waals surface area (Å²) in [5.41, 5.74) is 3.85. The van der Waals surface area contributed by atoms with Crippen molar-refractivity contribution in [3.8, 4) is 0 Å². The third kappa shape index (κ3) is 3.83. The lowest BCUT2D eigenvalue weighted by Gasteiger charge is -2.24. The standard InChI is InChI=1S/C19H26N2O2S/c1-13-4-6-16(21-9-8-15(12-21)20(2)3)14(10-13)5-7-18-17(22)11-19(23)24-18/h4,6,10,15,18H,5,7-9,11-12H2,1-3H3/t15-,18?/m0/s1. The predicted molar refractivity (Wildman–Crippen MR) is 99.8 cm³/mol. The first-order chi connectivity index (χ1) is 11.4. The number of likely N-dealkylation sites (N-methyl/N-ethyl adjacent to an activating group) is 1. The Hall–Kier alpha value is -1.33. The summed E-state index contributed by atoms with van der Waals surface area (Å²) in [6.07, 6.45) is 2.92. The number of hydrogen-bond donors (Lipinski definition) is 0. The SMILES string of the molecule is Cc1ccc(N2CC[C@H](N(C)C)C2)c(CCC2SC(=O)CC2=O)c1. The van der Waals surface area contributed by atoms with Crippen LogP contribution in [0, 0.1) is 6.92 Å². The van der Waals surface area contributed by atoms with Gasteiger partial charge in [0.05, 0.1) is 11.7 Å². The zero-order valence-corrected chi connectivity index (χ0v) is 15.6. The number of benzene rings is 1. The van der Waals surface area contributed by atoms with Gasteiger partial charge in [0.1, 0.15) is 0 Å². The van der Waals surface area contributed by atoms with E-state index in [1.807, 2.05) is 0 Å². The molecule has 1 aromatic carbocycles. The van der Waals surface area contributed by atoms with E-state index in [1.54, 1.807) is 0 Å². The fourth-order valence-corrected chi connectivity index (χ4v) is 4.63. The van der Waals surface area contributed by atoms with Crippen molar-refractivity contribution >= 4 is 28.3 Å². The highest BCUT2D eigenvalue weighted by molar-refractivity contribution is 8.15. The van der Waals surface area contributed by atoms with Gasteiger partial charge in [0.15, 0.2) is 10.9 Å². The van der Waals surface area contributed by atoms with Crippen LogP contribution in [-0.2, 0) is 16.0 Å². The third-order valence-electron chi connectivity index (χ3n) is 5.10. The third-order valence-corrected chi connectivity index (χ3v) is 6.29. The van der Waals surface area contributed by atoms with Crippen molar-refractivity contribution in [1.82, 2.24) is 4.90 Å². The summed E-state index contributed by atoms with van der Waals surface area (Å²) in [5.74, 6) is 0.105. The molecule has 1 aromatic rings. The maximum Gasteiger partial charge on any atom is 0.197 e. The van der Waals surface area contributed by atoms with Gasteiger partial charge >= 0.3 is 0 Å². The average Bonchev–Trinajstić information content (AvgIpc) is 3.12. The number of ketones is 1. The Labute approximate surface area is 148 Å². The normalized spacial score (nSPS) is 24.4. The molecule has 5 heteroatoms. The largest absolute Gasteiger partial charge is 0.370 e. The van der Waals surface area contributed by atoms with Crippen LogP contribution in [0.15, 0.2) is 18.2 Å². The monoisotopic (exact) mass is 346 g/mol. The first-order valence-electron chi connectivity index (χ1n) is 8.67. The van der Waals surface area contributed by atoms with Gasteiger partial charge in [-0.2, -0.15) is 0 Å². The van der Waals surface area contributed by atoms with Crippen molar-refractivity contribution in [3.05, 3.63) is 29.3 Å². The minimum atomic E-state index is -0.140. The lowest BCUT2D eigenvalue weighted by atomic mass is 10.0. The van der Waals surface area contributed by atoms with Crippen molar-refractivity contribution < 1.29 is 9.59 Å². The maximum absolute atomic E-state index is 11.9. The number of aryl methyl sites for hydroxylation is 2. The van der Waals surface area contributed by atoms with Crippen LogP contribution in [0.5, 0.6) is 0 Å². The van der Waals surface area contributed by atoms with Gasteiger partial charge in [0.25, 0.3) is 0 Å². The molecule has 2 heterocycles. The van der Waals surface area contributed by atoms with Crippen LogP contribution >= 0.6 is 11.8 Å². The van der Waals surface area contributed by atoms with E-state index in [9.17, 15) is 9.59 Å². The summed E-state index contributed by atoms with van der Waals surface area (Å²) in [6.45, 7) is 4.24. The first-order valence-corrected chi connectivity index (χ1v) is 9.55. The zero-order valence-electron chi connectivity index (χ0n) is 14.7. The fraction of sp³-hybridized carbons (Fsp3) is 0.579. The van der Waals surface area contributed by atoms with Crippen LogP contribution < -0.4 is 4.90 Å². The van der Waals surface area contributed by atoms with Crippen LogP contribution in [0.2, 0.25) is 0 Å². The molecule has 4 nitrogen and oxygen atoms in total. The molecule has 0 aromatic heterocycles. The minimum Gasteiger partial charge on any atom is -0.370 e. The number of hydrogen-bond acceptors (Lipinski definition) is 5. The van der Waals surface area contributed by atoms with E-state index in [0.717, 1.165) is 25.9 Å². The van der Waals surface area contributed by atoms with E-state index in [4.69, 9.17) is 0 Å². The molecule has 0 amide bonds. The number of nitrogens with zero attached hydrogens (tertiary/aromatic N) is 2. The molecule has 2 saturated heterocycles. The van der Waals surface area contributed by atoms with E-state index >= 15 is 0 Å². The Bertz CT molecular complexity index is 644. The molecule has 0 bridgehead atoms. The van der Waals surface area contributed by atoms with Gasteiger partial charge in [0, 0.05) is 24.8 Å². The van der Waals surface area contributed by atoms with Crippen molar-refractivity contribution in [1.29, 1.82) is 0 Å². The Kier molecular flexibility index (Phi) is 5.30. The van der Waals surface area contributed by atoms with Gasteiger partial charge in [-0.15, -0.1) is 0 Å². The molecular weight excluding hydrogens is 320 g/mol. The lowest BCUT2D eigenvalue weighted by Crippen LogP contribution is -2.31. The van der Waals surface area contributed by atoms with Gasteiger partial charge in [-0.3, -0.25) is 9.59 Å². The van der Waals surface area contributed by atoms with Crippen LogP contribution in [0.25, 0.3) is 0 Å². The molecule has 2 aliphatic heterocycles. The highest BCUT2D eigenvalue weighted by Gasteiger charge is 2.32. The molecule has 3 rings (SSSR count). The highest BCUT2D eigenvalue weighted by Crippen LogP contribution is 2.32. The maximum atomic E-state index is 11.9. The topological polar surface area (TPSA) is 40.6 Å². The van der Waals surface area contributed by atoms with E-state index < -0.39 is 0 Å². The quantitative estimate of drug-likeness (QED) is 0.767. The number of thioether (sulfide) groups is 1. The summed E-state index contributed by atoms with van der Waals surface area (Å²) in [4.78, 5) is 28.1. The molecule has 2 aliphatic rings. The second-order valence-corrected chi connectivity index (χ2v) is 8.40. The molecule has 0 radical (unpaired) electrons. The second kappa shape index (κ2) is 7.28. The van der Waals surface area contributed by atoms with E-state index in [2.05, 4.69) is 49.0 Å². The number of rotatable bonds is 5. The summed E-state index contributed by atoms with van der Waals surface area (Å²) < 4.78 is 0. The molecule has 0 N–H and O–H groups in total. The van der Waals surface area contributed by atoms with Gasteiger partial charge in [-0.05, 0) is 51.9 Å². The van der Waals surface area contributed by atoms with Gasteiger partial charge in [-0.1, -0.05) is 29.5 Å². The Balaban J connectivity index is 1.72. The van der Waals surface area contributed by atoms with Crippen LogP contribution in [-0.4, -0.2) is 54.3 Å². The van der Waals surface area contributed by atoms with Gasteiger partial charge in [-0.25, -0.2) is 0 Å². The molecule has 1 unspecified atom stereocenters. The number of Topliss-reactive ketones (excluding diaryl/α,β-unsaturated/α-hetero) is 1. The van der Waals surface area contributed by atoms with Crippen LogP contribution in [0.4, 0.5) is 5.69 Å². The number of carbonyl (C=O) groups is 2. The molecule has 130 valence electrons. The molecule has 2 fully saturated rings. The van der Waals surface area contributed by atoms with Crippen LogP contribution in [0.3, 0.4) is 0 Å². The second-order valence-electron chi connectivity index (χ2n) is 7.14. The highest BCUT2D eigenvalue weighted by atomic mass is 32.2. The fourth-order valence-electron chi connectivity index (χ4n) is 3.63. The zero-order chi connectivity index (χ0) is 17.3. The molecular formula is C19H26N2O2S. The molecule has 24 heavy (non-hydrogen) atoms. The number of carbonyl (C=O) groups excluding carboxylic acids is 2. The van der Waals surface area contributed by atoms with Crippen molar-refractivity contribution in [2.45, 2.75) is 43.9 Å². The minimum absolute atomic E-state index is 0.0304. The van der Waals surface area contributed by atoms with E-state index in [0.29, 0.717) is 6.04 Å². The summed E-state index contributed by atoms with van der Waals surface area (Å²) in [6, 6.07) is 7.23. The van der Waals surface area contributed by atoms with Gasteiger partial charge < -0.3 is 9.80 Å². The molecule has 2 atom stereocenters. The smallest absolute Gasteiger partial charge is 0.197 e. The Morgan fingerprint density at radius 1 is 1.29 bits per heavy atom. The van der Waals surface area contributed by atoms with Crippen molar-refractivity contribution in [3.63, 3.8) is 0 Å². The predicted octanol–water partition coefficient (Wildman–Crippen LogP) is 2.67. The summed E-state index contributed by atoms with van der Waals surface area (Å²) >= 11 is 1.23. The Morgan fingerprint density at radius 2 is 2.08 bits per heavy atom. The van der Waals surface area contributed by atoms with Crippen molar-refractivity contribution in [2.24, 2.45) is 0 Å². The molecule has 0 aliphatic carbocycles. The summed E-state index contributed by atoms with van der Waals surface area (Å²) in [7, 11) is 4.29. The van der Waals surface area contributed by atoms with Crippen molar-refractivity contribution in [2.75, 3.05) is 32.1 Å². The van der Waals surface area contributed by atoms with E-state index in [-0.39, 0.29) is 22.6 Å². The Morgan fingerprint density at radius 3 is 2.71 bits per heavy atom. The average molecular weight is 346 g/mol. The van der Waals surface area contributed by atoms with Gasteiger partial charge in [0.2, 0.25) is 0 Å². The van der Waals surface area contributed by atoms with E-state index in [1.165, 1.54) is 35.0 Å². The molecule has 0 saturated carbocycles. The lowest BCUT2D eigenvalue weighted by molar-refractivity contribution is -0.121. The summed E-state index contributed by atoms with van der Waals surface area (Å²) in [5, 5.41) is -0.109. The van der Waals surface area contributed by atoms with Crippen LogP contribution in [0.1, 0.15) is 30.4 Å². The number of anilines is 1.